The first-order valence-corrected chi connectivity index (χ1v) is 6.59. The third-order valence-electron chi connectivity index (χ3n) is 2.93. The fraction of sp³-hybridized carbons (Fsp3) is 0.176. The molecule has 3 heteroatoms. The van der Waals surface area contributed by atoms with E-state index in [9.17, 15) is 4.79 Å². The van der Waals surface area contributed by atoms with Crippen LogP contribution in [0.15, 0.2) is 59.7 Å². The molecule has 0 bridgehead atoms. The van der Waals surface area contributed by atoms with Crippen molar-refractivity contribution < 1.29 is 4.79 Å². The van der Waals surface area contributed by atoms with Crippen molar-refractivity contribution in [1.29, 1.82) is 0 Å². The Morgan fingerprint density at radius 2 is 1.85 bits per heavy atom. The summed E-state index contributed by atoms with van der Waals surface area (Å²) in [5, 5.41) is 4.14. The van der Waals surface area contributed by atoms with Gasteiger partial charge in [-0.1, -0.05) is 48.0 Å². The number of hydrazone groups is 1. The Balaban J connectivity index is 1.96. The van der Waals surface area contributed by atoms with Crippen LogP contribution in [0, 0.1) is 6.92 Å². The SMILES string of the molecule is CC(Cc1ccccc1)=NNC(=O)c1cccc(C)c1. The number of rotatable bonds is 4. The molecule has 0 aromatic heterocycles. The quantitative estimate of drug-likeness (QED) is 0.669. The Kier molecular flexibility index (Phi) is 4.66. The molecule has 1 amide bonds. The van der Waals surface area contributed by atoms with Gasteiger partial charge in [0.2, 0.25) is 0 Å². The molecule has 2 rings (SSSR count). The van der Waals surface area contributed by atoms with Gasteiger partial charge in [0.15, 0.2) is 0 Å². The van der Waals surface area contributed by atoms with Crippen molar-refractivity contribution >= 4 is 11.6 Å². The second-order valence-corrected chi connectivity index (χ2v) is 4.82. The summed E-state index contributed by atoms with van der Waals surface area (Å²) in [5.74, 6) is -0.180. The van der Waals surface area contributed by atoms with Crippen LogP contribution in [-0.2, 0) is 6.42 Å². The monoisotopic (exact) mass is 266 g/mol. The van der Waals surface area contributed by atoms with Gasteiger partial charge in [-0.25, -0.2) is 5.43 Å². The van der Waals surface area contributed by atoms with E-state index in [-0.39, 0.29) is 5.91 Å². The molecule has 0 saturated carbocycles. The predicted molar refractivity (Wildman–Crippen MR) is 81.9 cm³/mol. The van der Waals surface area contributed by atoms with Crippen LogP contribution in [0.2, 0.25) is 0 Å². The van der Waals surface area contributed by atoms with E-state index in [4.69, 9.17) is 0 Å². The maximum Gasteiger partial charge on any atom is 0.271 e. The Bertz CT molecular complexity index is 618. The fourth-order valence-corrected chi connectivity index (χ4v) is 1.93. The minimum atomic E-state index is -0.180. The van der Waals surface area contributed by atoms with E-state index in [2.05, 4.69) is 10.5 Å². The molecule has 0 unspecified atom stereocenters. The molecule has 20 heavy (non-hydrogen) atoms. The second kappa shape index (κ2) is 6.66. The molecule has 2 aromatic rings. The average Bonchev–Trinajstić information content (AvgIpc) is 2.46. The molecule has 1 N–H and O–H groups in total. The summed E-state index contributed by atoms with van der Waals surface area (Å²) in [6.07, 6.45) is 0.731. The van der Waals surface area contributed by atoms with Crippen LogP contribution in [0.25, 0.3) is 0 Å². The van der Waals surface area contributed by atoms with Crippen molar-refractivity contribution in [1.82, 2.24) is 5.43 Å². The molecule has 0 atom stereocenters. The van der Waals surface area contributed by atoms with Crippen LogP contribution in [0.5, 0.6) is 0 Å². The Morgan fingerprint density at radius 1 is 1.10 bits per heavy atom. The number of hydrogen-bond acceptors (Lipinski definition) is 2. The van der Waals surface area contributed by atoms with Crippen LogP contribution in [0.3, 0.4) is 0 Å². The Labute approximate surface area is 119 Å². The molecule has 0 aliphatic rings. The Morgan fingerprint density at radius 3 is 2.55 bits per heavy atom. The van der Waals surface area contributed by atoms with Gasteiger partial charge >= 0.3 is 0 Å². The minimum Gasteiger partial charge on any atom is -0.267 e. The van der Waals surface area contributed by atoms with Crippen molar-refractivity contribution in [2.24, 2.45) is 5.10 Å². The number of hydrogen-bond donors (Lipinski definition) is 1. The van der Waals surface area contributed by atoms with E-state index in [0.29, 0.717) is 5.56 Å². The number of nitrogens with zero attached hydrogens (tertiary/aromatic N) is 1. The standard InChI is InChI=1S/C17H18N2O/c1-13-7-6-10-16(11-13)17(20)19-18-14(2)12-15-8-4-3-5-9-15/h3-11H,12H2,1-2H3,(H,19,20). The van der Waals surface area contributed by atoms with E-state index < -0.39 is 0 Å². The number of aryl methyl sites for hydroxylation is 1. The first kappa shape index (κ1) is 14.0. The molecular weight excluding hydrogens is 248 g/mol. The lowest BCUT2D eigenvalue weighted by atomic mass is 10.1. The van der Waals surface area contributed by atoms with Gasteiger partial charge in [-0.15, -0.1) is 0 Å². The highest BCUT2D eigenvalue weighted by atomic mass is 16.2. The van der Waals surface area contributed by atoms with Crippen LogP contribution in [0.1, 0.15) is 28.4 Å². The number of carbonyl (C=O) groups is 1. The van der Waals surface area contributed by atoms with E-state index >= 15 is 0 Å². The van der Waals surface area contributed by atoms with Crippen LogP contribution in [-0.4, -0.2) is 11.6 Å². The van der Waals surface area contributed by atoms with Gasteiger partial charge < -0.3 is 0 Å². The summed E-state index contributed by atoms with van der Waals surface area (Å²) in [6, 6.07) is 17.5. The third kappa shape index (κ3) is 4.05. The maximum atomic E-state index is 11.9. The highest BCUT2D eigenvalue weighted by Gasteiger charge is 2.04. The van der Waals surface area contributed by atoms with Gasteiger partial charge in [-0.05, 0) is 31.5 Å². The zero-order chi connectivity index (χ0) is 14.4. The first-order chi connectivity index (χ1) is 9.65. The van der Waals surface area contributed by atoms with Gasteiger partial charge in [0.1, 0.15) is 0 Å². The zero-order valence-electron chi connectivity index (χ0n) is 11.8. The third-order valence-corrected chi connectivity index (χ3v) is 2.93. The summed E-state index contributed by atoms with van der Waals surface area (Å²) in [5.41, 5.74) is 6.33. The van der Waals surface area contributed by atoms with E-state index in [1.54, 1.807) is 6.07 Å². The van der Waals surface area contributed by atoms with Gasteiger partial charge in [0.05, 0.1) is 0 Å². The zero-order valence-corrected chi connectivity index (χ0v) is 11.8. The van der Waals surface area contributed by atoms with Crippen LogP contribution < -0.4 is 5.43 Å². The number of carbonyl (C=O) groups excluding carboxylic acids is 1. The average molecular weight is 266 g/mol. The summed E-state index contributed by atoms with van der Waals surface area (Å²) < 4.78 is 0. The van der Waals surface area contributed by atoms with Gasteiger partial charge in [-0.2, -0.15) is 5.10 Å². The normalized spacial score (nSPS) is 11.2. The molecule has 0 radical (unpaired) electrons. The van der Waals surface area contributed by atoms with Crippen LogP contribution >= 0.6 is 0 Å². The van der Waals surface area contributed by atoms with Crippen molar-refractivity contribution in [3.8, 4) is 0 Å². The highest BCUT2D eigenvalue weighted by Crippen LogP contribution is 2.04. The predicted octanol–water partition coefficient (Wildman–Crippen LogP) is 3.34. The van der Waals surface area contributed by atoms with Crippen molar-refractivity contribution in [2.45, 2.75) is 20.3 Å². The van der Waals surface area contributed by atoms with Crippen molar-refractivity contribution in [2.75, 3.05) is 0 Å². The molecule has 3 nitrogen and oxygen atoms in total. The summed E-state index contributed by atoms with van der Waals surface area (Å²) in [4.78, 5) is 11.9. The van der Waals surface area contributed by atoms with E-state index in [0.717, 1.165) is 17.7 Å². The van der Waals surface area contributed by atoms with Gasteiger partial charge in [0, 0.05) is 17.7 Å². The first-order valence-electron chi connectivity index (χ1n) is 6.59. The molecule has 0 saturated heterocycles. The lowest BCUT2D eigenvalue weighted by molar-refractivity contribution is 0.0954. The van der Waals surface area contributed by atoms with E-state index in [1.165, 1.54) is 5.56 Å². The molecule has 0 fully saturated rings. The fourth-order valence-electron chi connectivity index (χ4n) is 1.93. The molecule has 2 aromatic carbocycles. The van der Waals surface area contributed by atoms with Crippen molar-refractivity contribution in [3.63, 3.8) is 0 Å². The number of nitrogens with one attached hydrogen (secondary N) is 1. The largest absolute Gasteiger partial charge is 0.271 e. The summed E-state index contributed by atoms with van der Waals surface area (Å²) in [7, 11) is 0. The molecule has 102 valence electrons. The number of amides is 1. The van der Waals surface area contributed by atoms with Crippen LogP contribution in [0.4, 0.5) is 0 Å². The molecule has 0 aliphatic heterocycles. The summed E-state index contributed by atoms with van der Waals surface area (Å²) in [6.45, 7) is 3.87. The highest BCUT2D eigenvalue weighted by molar-refractivity contribution is 5.95. The molecule has 0 spiro atoms. The number of benzene rings is 2. The van der Waals surface area contributed by atoms with Gasteiger partial charge in [0.25, 0.3) is 5.91 Å². The van der Waals surface area contributed by atoms with E-state index in [1.807, 2.05) is 62.4 Å². The lowest BCUT2D eigenvalue weighted by Gasteiger charge is -2.04. The smallest absolute Gasteiger partial charge is 0.267 e. The van der Waals surface area contributed by atoms with Gasteiger partial charge in [-0.3, -0.25) is 4.79 Å². The molecule has 0 aliphatic carbocycles. The summed E-state index contributed by atoms with van der Waals surface area (Å²) >= 11 is 0. The second-order valence-electron chi connectivity index (χ2n) is 4.82. The van der Waals surface area contributed by atoms with Crippen molar-refractivity contribution in [3.05, 3.63) is 71.3 Å². The lowest BCUT2D eigenvalue weighted by Crippen LogP contribution is -2.19. The Hall–Kier alpha value is -2.42. The minimum absolute atomic E-state index is 0.180. The topological polar surface area (TPSA) is 41.5 Å². The molecular formula is C17H18N2O. The molecule has 0 heterocycles. The maximum absolute atomic E-state index is 11.9.